The first-order valence-corrected chi connectivity index (χ1v) is 9.87. The molecule has 1 unspecified atom stereocenters. The number of rotatable bonds is 7. The van der Waals surface area contributed by atoms with Crippen molar-refractivity contribution in [3.05, 3.63) is 27.2 Å². The monoisotopic (exact) mass is 425 g/mol. The van der Waals surface area contributed by atoms with Gasteiger partial charge in [-0.15, -0.1) is 0 Å². The predicted octanol–water partition coefficient (Wildman–Crippen LogP) is -3.34. The number of imidazole rings is 1. The van der Waals surface area contributed by atoms with Crippen LogP contribution in [0.3, 0.4) is 0 Å². The Balaban J connectivity index is 1.36. The third-order valence-electron chi connectivity index (χ3n) is 6.03. The van der Waals surface area contributed by atoms with Crippen molar-refractivity contribution in [1.29, 1.82) is 0 Å². The minimum atomic E-state index is -1.10. The van der Waals surface area contributed by atoms with Gasteiger partial charge in [0.25, 0.3) is 5.56 Å². The first-order valence-electron chi connectivity index (χ1n) is 9.87. The van der Waals surface area contributed by atoms with Gasteiger partial charge < -0.3 is 34.7 Å². The van der Waals surface area contributed by atoms with Crippen LogP contribution in [-0.2, 0) is 30.1 Å². The Morgan fingerprint density at radius 2 is 2.07 bits per heavy atom. The fourth-order valence-electron chi connectivity index (χ4n) is 4.40. The van der Waals surface area contributed by atoms with E-state index in [2.05, 4.69) is 10.3 Å². The van der Waals surface area contributed by atoms with E-state index in [0.29, 0.717) is 24.3 Å². The second kappa shape index (κ2) is 7.87. The molecule has 12 heteroatoms. The Kier molecular flexibility index (Phi) is 5.55. The quantitative estimate of drug-likeness (QED) is 0.334. The fraction of sp³-hybridized carbons (Fsp3) is 0.722. The molecule has 0 spiro atoms. The summed E-state index contributed by atoms with van der Waals surface area (Å²) in [4.78, 5) is 28.6. The lowest BCUT2D eigenvalue weighted by molar-refractivity contribution is -0.100. The Hall–Kier alpha value is -2.09. The van der Waals surface area contributed by atoms with Gasteiger partial charge in [-0.3, -0.25) is 13.9 Å². The molecule has 2 fully saturated rings. The van der Waals surface area contributed by atoms with Crippen molar-refractivity contribution in [3.63, 3.8) is 0 Å². The Morgan fingerprint density at radius 1 is 1.30 bits per heavy atom. The number of aliphatic hydroxyl groups is 3. The maximum atomic E-state index is 12.4. The third-order valence-corrected chi connectivity index (χ3v) is 6.03. The number of hydrogen-bond acceptors (Lipinski definition) is 9. The van der Waals surface area contributed by atoms with Gasteiger partial charge in [0.1, 0.15) is 23.9 Å². The highest BCUT2D eigenvalue weighted by Gasteiger charge is 2.59. The molecule has 0 amide bonds. The van der Waals surface area contributed by atoms with Crippen LogP contribution in [0.4, 0.5) is 0 Å². The zero-order valence-corrected chi connectivity index (χ0v) is 16.9. The lowest BCUT2D eigenvalue weighted by Gasteiger charge is -2.32. The van der Waals surface area contributed by atoms with Gasteiger partial charge in [0.05, 0.1) is 25.6 Å². The number of fused-ring (bicyclic) bond motifs is 2. The molecule has 12 nitrogen and oxygen atoms in total. The number of aliphatic hydroxyl groups excluding tert-OH is 3. The summed E-state index contributed by atoms with van der Waals surface area (Å²) in [7, 11) is 2.98. The summed E-state index contributed by atoms with van der Waals surface area (Å²) in [6.45, 7) is 1.20. The largest absolute Gasteiger partial charge is 0.392 e. The van der Waals surface area contributed by atoms with E-state index in [4.69, 9.17) is 9.47 Å². The van der Waals surface area contributed by atoms with Crippen molar-refractivity contribution in [2.24, 2.45) is 14.1 Å². The van der Waals surface area contributed by atoms with Crippen molar-refractivity contribution >= 4 is 11.2 Å². The summed E-state index contributed by atoms with van der Waals surface area (Å²) in [6, 6.07) is 0. The summed E-state index contributed by atoms with van der Waals surface area (Å²) < 4.78 is 15.1. The van der Waals surface area contributed by atoms with Gasteiger partial charge >= 0.3 is 5.69 Å². The molecule has 4 rings (SSSR count). The fourth-order valence-corrected chi connectivity index (χ4v) is 4.40. The minimum absolute atomic E-state index is 0.0625. The van der Waals surface area contributed by atoms with Crippen LogP contribution in [0.15, 0.2) is 15.9 Å². The molecule has 166 valence electrons. The van der Waals surface area contributed by atoms with Gasteiger partial charge in [-0.05, 0) is 0 Å². The van der Waals surface area contributed by atoms with Crippen LogP contribution < -0.4 is 16.6 Å². The molecule has 2 aliphatic rings. The SMILES string of the molecule is Cn1c(=O)c2c(ncn2CCNCC(O)C[C@]23OC[C@@H](O)[C@H]2OC[C@@H]3O)n(C)c1=O. The number of aryl methyl sites for hydroxylation is 1. The van der Waals surface area contributed by atoms with Gasteiger partial charge in [0, 0.05) is 40.2 Å². The molecule has 4 N–H and O–H groups in total. The molecule has 0 aromatic carbocycles. The molecule has 0 saturated carbocycles. The standard InChI is InChI=1S/C18H27N5O7/c1-21-15-13(16(27)22(2)17(21)28)23(9-20-15)4-3-19-6-10(24)5-18-12(26)8-29-14(18)11(25)7-30-18/h9-12,14,19,24-26H,3-8H2,1-2H3/t10?,11-,12+,14-,18-/m1/s1. The van der Waals surface area contributed by atoms with Gasteiger partial charge in [-0.25, -0.2) is 9.78 Å². The van der Waals surface area contributed by atoms with Crippen molar-refractivity contribution in [3.8, 4) is 0 Å². The van der Waals surface area contributed by atoms with Crippen LogP contribution in [0.1, 0.15) is 6.42 Å². The Bertz CT molecular complexity index is 1050. The summed E-state index contributed by atoms with van der Waals surface area (Å²) >= 11 is 0. The topological polar surface area (TPSA) is 153 Å². The third kappa shape index (κ3) is 3.29. The predicted molar refractivity (Wildman–Crippen MR) is 104 cm³/mol. The zero-order valence-electron chi connectivity index (χ0n) is 16.9. The Morgan fingerprint density at radius 3 is 2.83 bits per heavy atom. The van der Waals surface area contributed by atoms with Crippen LogP contribution in [0.2, 0.25) is 0 Å². The number of aromatic nitrogens is 4. The Labute approximate surface area is 171 Å². The van der Waals surface area contributed by atoms with Crippen LogP contribution in [0.5, 0.6) is 0 Å². The number of hydrogen-bond donors (Lipinski definition) is 4. The lowest BCUT2D eigenvalue weighted by atomic mass is 9.86. The molecule has 30 heavy (non-hydrogen) atoms. The van der Waals surface area contributed by atoms with Gasteiger partial charge in [-0.1, -0.05) is 0 Å². The second-order valence-electron chi connectivity index (χ2n) is 7.98. The highest BCUT2D eigenvalue weighted by atomic mass is 16.6. The van der Waals surface area contributed by atoms with E-state index >= 15 is 0 Å². The first kappa shape index (κ1) is 21.2. The van der Waals surface area contributed by atoms with E-state index in [9.17, 15) is 24.9 Å². The van der Waals surface area contributed by atoms with E-state index in [1.807, 2.05) is 0 Å². The van der Waals surface area contributed by atoms with Crippen LogP contribution >= 0.6 is 0 Å². The van der Waals surface area contributed by atoms with E-state index in [-0.39, 0.29) is 26.2 Å². The molecule has 2 aromatic rings. The molecule has 2 aliphatic heterocycles. The molecule has 5 atom stereocenters. The van der Waals surface area contributed by atoms with E-state index in [1.165, 1.54) is 17.9 Å². The average Bonchev–Trinajstić information content (AvgIpc) is 3.37. The van der Waals surface area contributed by atoms with Crippen molar-refractivity contribution < 1.29 is 24.8 Å². The maximum Gasteiger partial charge on any atom is 0.332 e. The van der Waals surface area contributed by atoms with Crippen molar-refractivity contribution in [2.45, 2.75) is 43.0 Å². The minimum Gasteiger partial charge on any atom is -0.392 e. The average molecular weight is 425 g/mol. The molecular weight excluding hydrogens is 398 g/mol. The highest BCUT2D eigenvalue weighted by molar-refractivity contribution is 5.69. The maximum absolute atomic E-state index is 12.4. The van der Waals surface area contributed by atoms with Crippen LogP contribution in [0.25, 0.3) is 11.2 Å². The van der Waals surface area contributed by atoms with Crippen molar-refractivity contribution in [2.75, 3.05) is 26.3 Å². The van der Waals surface area contributed by atoms with E-state index in [1.54, 1.807) is 11.6 Å². The van der Waals surface area contributed by atoms with E-state index < -0.39 is 41.3 Å². The first-order chi connectivity index (χ1) is 14.3. The molecular formula is C18H27N5O7. The van der Waals surface area contributed by atoms with Crippen LogP contribution in [-0.4, -0.2) is 90.3 Å². The molecule has 0 aliphatic carbocycles. The summed E-state index contributed by atoms with van der Waals surface area (Å²) in [5, 5.41) is 33.7. The second-order valence-corrected chi connectivity index (χ2v) is 7.98. The molecule has 4 heterocycles. The number of ether oxygens (including phenoxy) is 2. The molecule has 2 saturated heterocycles. The van der Waals surface area contributed by atoms with Gasteiger partial charge in [0.15, 0.2) is 11.2 Å². The normalized spacial score (nSPS) is 29.6. The van der Waals surface area contributed by atoms with Gasteiger partial charge in [0.2, 0.25) is 0 Å². The lowest BCUT2D eigenvalue weighted by Crippen LogP contribution is -2.50. The molecule has 2 aromatic heterocycles. The van der Waals surface area contributed by atoms with Crippen LogP contribution in [0, 0.1) is 0 Å². The number of nitrogens with one attached hydrogen (secondary N) is 1. The molecule has 0 radical (unpaired) electrons. The summed E-state index contributed by atoms with van der Waals surface area (Å²) in [5.74, 6) is 0. The number of nitrogens with zero attached hydrogens (tertiary/aromatic N) is 4. The smallest absolute Gasteiger partial charge is 0.332 e. The van der Waals surface area contributed by atoms with Crippen molar-refractivity contribution in [1.82, 2.24) is 24.0 Å². The summed E-state index contributed by atoms with van der Waals surface area (Å²) in [5.41, 5.74) is -1.29. The molecule has 0 bridgehead atoms. The van der Waals surface area contributed by atoms with E-state index in [0.717, 1.165) is 4.57 Å². The summed E-state index contributed by atoms with van der Waals surface area (Å²) in [6.07, 6.45) is -1.58. The van der Waals surface area contributed by atoms with Gasteiger partial charge in [-0.2, -0.15) is 0 Å². The highest BCUT2D eigenvalue weighted by Crippen LogP contribution is 2.41. The zero-order chi connectivity index (χ0) is 21.6.